The van der Waals surface area contributed by atoms with Gasteiger partial charge >= 0.3 is 0 Å². The zero-order chi connectivity index (χ0) is 12.6. The molecule has 1 amide bonds. The molecule has 1 aromatic carbocycles. The lowest BCUT2D eigenvalue weighted by Gasteiger charge is -2.38. The first-order valence-electron chi connectivity index (χ1n) is 5.22. The molecule has 1 aliphatic rings. The molecule has 0 unspecified atom stereocenters. The lowest BCUT2D eigenvalue weighted by atomic mass is 10.0. The smallest absolute Gasteiger partial charge is 0.244 e. The molecule has 0 spiro atoms. The molecule has 0 saturated heterocycles. The quantitative estimate of drug-likeness (QED) is 0.866. The molecule has 0 fully saturated rings. The van der Waals surface area contributed by atoms with Crippen LogP contribution in [0.25, 0.3) is 0 Å². The van der Waals surface area contributed by atoms with Gasteiger partial charge in [-0.2, -0.15) is 5.26 Å². The van der Waals surface area contributed by atoms with E-state index in [-0.39, 0.29) is 12.5 Å². The van der Waals surface area contributed by atoms with Crippen LogP contribution in [-0.4, -0.2) is 18.0 Å². The van der Waals surface area contributed by atoms with Gasteiger partial charge < -0.3 is 10.2 Å². The predicted molar refractivity (Wildman–Crippen MR) is 69.8 cm³/mol. The van der Waals surface area contributed by atoms with Crippen LogP contribution < -0.4 is 10.2 Å². The fraction of sp³-hybridized carbons (Fsp3) is 0.333. The van der Waals surface area contributed by atoms with Crippen molar-refractivity contribution in [3.05, 3.63) is 22.7 Å². The van der Waals surface area contributed by atoms with Crippen LogP contribution in [-0.2, 0) is 4.79 Å². The zero-order valence-corrected chi connectivity index (χ0v) is 11.2. The molecule has 0 bridgehead atoms. The summed E-state index contributed by atoms with van der Waals surface area (Å²) in [7, 11) is 0. The van der Waals surface area contributed by atoms with Crippen LogP contribution >= 0.6 is 15.9 Å². The molecule has 0 atom stereocenters. The van der Waals surface area contributed by atoms with Crippen molar-refractivity contribution in [3.8, 4) is 6.07 Å². The Bertz CT molecular complexity index is 519. The minimum atomic E-state index is -0.715. The highest BCUT2D eigenvalue weighted by atomic mass is 79.9. The summed E-state index contributed by atoms with van der Waals surface area (Å²) in [6.45, 7) is 3.80. The Morgan fingerprint density at radius 2 is 2.24 bits per heavy atom. The van der Waals surface area contributed by atoms with Crippen molar-refractivity contribution >= 4 is 33.2 Å². The Hall–Kier alpha value is -1.54. The summed E-state index contributed by atoms with van der Waals surface area (Å²) >= 11 is 3.40. The van der Waals surface area contributed by atoms with E-state index in [1.165, 1.54) is 0 Å². The molecule has 0 aromatic heterocycles. The predicted octanol–water partition coefficient (Wildman–Crippen LogP) is 2.51. The highest BCUT2D eigenvalue weighted by Gasteiger charge is 2.33. The topological polar surface area (TPSA) is 56.1 Å². The van der Waals surface area contributed by atoms with E-state index in [1.807, 2.05) is 23.1 Å². The monoisotopic (exact) mass is 293 g/mol. The molecule has 1 heterocycles. The van der Waals surface area contributed by atoms with Gasteiger partial charge in [-0.15, -0.1) is 0 Å². The van der Waals surface area contributed by atoms with E-state index in [2.05, 4.69) is 27.3 Å². The highest BCUT2D eigenvalue weighted by molar-refractivity contribution is 9.10. The van der Waals surface area contributed by atoms with Crippen molar-refractivity contribution in [1.82, 2.24) is 0 Å². The zero-order valence-electron chi connectivity index (χ0n) is 9.62. The Morgan fingerprint density at radius 1 is 1.53 bits per heavy atom. The first-order valence-corrected chi connectivity index (χ1v) is 6.01. The first kappa shape index (κ1) is 11.9. The number of nitriles is 1. The average molecular weight is 294 g/mol. The number of halogens is 1. The summed E-state index contributed by atoms with van der Waals surface area (Å²) in [6.07, 6.45) is 0. The Kier molecular flexibility index (Phi) is 2.84. The van der Waals surface area contributed by atoms with Gasteiger partial charge in [0.1, 0.15) is 5.54 Å². The summed E-state index contributed by atoms with van der Waals surface area (Å²) in [4.78, 5) is 13.4. The molecule has 5 heteroatoms. The summed E-state index contributed by atoms with van der Waals surface area (Å²) in [5.41, 5.74) is 0.895. The third-order valence-electron chi connectivity index (χ3n) is 2.77. The van der Waals surface area contributed by atoms with E-state index < -0.39 is 5.54 Å². The van der Waals surface area contributed by atoms with Crippen molar-refractivity contribution < 1.29 is 4.79 Å². The van der Waals surface area contributed by atoms with Crippen LogP contribution in [0.1, 0.15) is 13.8 Å². The standard InChI is InChI=1S/C12H12BrN3O/c1-12(2,7-14)16-6-11(17)15-9-4-3-8(13)5-10(9)16/h3-5H,6H2,1-2H3,(H,15,17). The Morgan fingerprint density at radius 3 is 2.88 bits per heavy atom. The number of hydrogen-bond donors (Lipinski definition) is 1. The molecule has 2 rings (SSSR count). The van der Waals surface area contributed by atoms with E-state index >= 15 is 0 Å². The largest absolute Gasteiger partial charge is 0.342 e. The summed E-state index contributed by atoms with van der Waals surface area (Å²) in [6, 6.07) is 7.83. The maximum atomic E-state index is 11.6. The number of carbonyl (C=O) groups is 1. The van der Waals surface area contributed by atoms with Crippen molar-refractivity contribution in [1.29, 1.82) is 5.26 Å². The van der Waals surface area contributed by atoms with Crippen molar-refractivity contribution in [2.45, 2.75) is 19.4 Å². The molecule has 17 heavy (non-hydrogen) atoms. The summed E-state index contributed by atoms with van der Waals surface area (Å²) in [5.74, 6) is -0.0943. The Balaban J connectivity index is 2.54. The maximum absolute atomic E-state index is 11.6. The molecule has 1 N–H and O–H groups in total. The van der Waals surface area contributed by atoms with Gasteiger partial charge in [-0.25, -0.2) is 0 Å². The lowest BCUT2D eigenvalue weighted by molar-refractivity contribution is -0.115. The molecule has 88 valence electrons. The fourth-order valence-corrected chi connectivity index (χ4v) is 2.16. The molecule has 0 aliphatic carbocycles. The molecule has 0 saturated carbocycles. The number of fused-ring (bicyclic) bond motifs is 1. The van der Waals surface area contributed by atoms with Crippen LogP contribution in [0.15, 0.2) is 22.7 Å². The van der Waals surface area contributed by atoms with E-state index in [0.29, 0.717) is 0 Å². The Labute approximate surface area is 108 Å². The van der Waals surface area contributed by atoms with E-state index in [1.54, 1.807) is 13.8 Å². The molecular formula is C12H12BrN3O. The van der Waals surface area contributed by atoms with Gasteiger partial charge in [-0.3, -0.25) is 4.79 Å². The number of carbonyl (C=O) groups excluding carboxylic acids is 1. The van der Waals surface area contributed by atoms with Gasteiger partial charge in [0.25, 0.3) is 0 Å². The second-order valence-electron chi connectivity index (χ2n) is 4.47. The third kappa shape index (κ3) is 2.13. The number of benzene rings is 1. The van der Waals surface area contributed by atoms with Gasteiger partial charge in [0.15, 0.2) is 0 Å². The number of hydrogen-bond acceptors (Lipinski definition) is 3. The van der Waals surface area contributed by atoms with Crippen molar-refractivity contribution in [2.24, 2.45) is 0 Å². The molecular weight excluding hydrogens is 282 g/mol. The normalized spacial score (nSPS) is 14.9. The van der Waals surface area contributed by atoms with Crippen LogP contribution in [0, 0.1) is 11.3 Å². The fourth-order valence-electron chi connectivity index (χ4n) is 1.81. The van der Waals surface area contributed by atoms with Crippen molar-refractivity contribution in [2.75, 3.05) is 16.8 Å². The van der Waals surface area contributed by atoms with E-state index in [9.17, 15) is 10.1 Å². The van der Waals surface area contributed by atoms with E-state index in [0.717, 1.165) is 15.8 Å². The van der Waals surface area contributed by atoms with Crippen LogP contribution in [0.3, 0.4) is 0 Å². The SMILES string of the molecule is CC(C)(C#N)N1CC(=O)Nc2ccc(Br)cc21. The minimum Gasteiger partial charge on any atom is -0.342 e. The van der Waals surface area contributed by atoms with Crippen LogP contribution in [0.2, 0.25) is 0 Å². The number of anilines is 2. The highest BCUT2D eigenvalue weighted by Crippen LogP contribution is 2.36. The summed E-state index contributed by atoms with van der Waals surface area (Å²) in [5, 5.41) is 12.0. The van der Waals surface area contributed by atoms with Gasteiger partial charge in [-0.05, 0) is 32.0 Å². The molecule has 1 aromatic rings. The third-order valence-corrected chi connectivity index (χ3v) is 3.27. The average Bonchev–Trinajstić information content (AvgIpc) is 2.28. The molecule has 1 aliphatic heterocycles. The first-order chi connectivity index (χ1) is 7.94. The van der Waals surface area contributed by atoms with Crippen LogP contribution in [0.4, 0.5) is 11.4 Å². The summed E-state index contributed by atoms with van der Waals surface area (Å²) < 4.78 is 0.922. The number of rotatable bonds is 1. The molecule has 0 radical (unpaired) electrons. The minimum absolute atomic E-state index is 0.0943. The van der Waals surface area contributed by atoms with Crippen LogP contribution in [0.5, 0.6) is 0 Å². The number of amides is 1. The lowest BCUT2D eigenvalue weighted by Crippen LogP contribution is -2.49. The second kappa shape index (κ2) is 4.04. The van der Waals surface area contributed by atoms with Gasteiger partial charge in [0.05, 0.1) is 24.0 Å². The maximum Gasteiger partial charge on any atom is 0.244 e. The molecule has 4 nitrogen and oxygen atoms in total. The number of nitrogens with zero attached hydrogens (tertiary/aromatic N) is 2. The van der Waals surface area contributed by atoms with E-state index in [4.69, 9.17) is 0 Å². The van der Waals surface area contributed by atoms with Gasteiger partial charge in [-0.1, -0.05) is 15.9 Å². The van der Waals surface area contributed by atoms with Gasteiger partial charge in [0, 0.05) is 4.47 Å². The number of nitrogens with one attached hydrogen (secondary N) is 1. The van der Waals surface area contributed by atoms with Crippen molar-refractivity contribution in [3.63, 3.8) is 0 Å². The second-order valence-corrected chi connectivity index (χ2v) is 5.38. The van der Waals surface area contributed by atoms with Gasteiger partial charge in [0.2, 0.25) is 5.91 Å².